The first-order valence-electron chi connectivity index (χ1n) is 12.8. The molecule has 0 spiro atoms. The van der Waals surface area contributed by atoms with E-state index in [4.69, 9.17) is 56.4 Å². The standard InChI is InChI=1S/C30H26Cl2O9/c1-13-6-5-7-14(8-13)29(33)41-25-16-10-19-18(39-12-40-19)9-15(16)20(21-17(25)11-38-30(21)34)22-23(31)26(35-2)28(37-4)27(36-3)24(22)32/h5-10,17,20-21,25H,11-12H2,1-4H3/t17-,20+,21-,25+/m0/s1. The van der Waals surface area contributed by atoms with E-state index in [0.717, 1.165) is 5.56 Å². The van der Waals surface area contributed by atoms with Crippen LogP contribution in [0.3, 0.4) is 0 Å². The summed E-state index contributed by atoms with van der Waals surface area (Å²) >= 11 is 13.9. The first-order valence-corrected chi connectivity index (χ1v) is 13.6. The number of methoxy groups -OCH3 is 3. The van der Waals surface area contributed by atoms with E-state index in [-0.39, 0.29) is 40.7 Å². The Hall–Kier alpha value is -3.82. The van der Waals surface area contributed by atoms with Gasteiger partial charge in [0.25, 0.3) is 0 Å². The number of ether oxygens (including phenoxy) is 7. The molecule has 1 saturated heterocycles. The highest BCUT2D eigenvalue weighted by Gasteiger charge is 2.55. The molecule has 41 heavy (non-hydrogen) atoms. The largest absolute Gasteiger partial charge is 0.491 e. The summed E-state index contributed by atoms with van der Waals surface area (Å²) in [6.07, 6.45) is -0.834. The van der Waals surface area contributed by atoms with Crippen LogP contribution in [0.1, 0.15) is 44.6 Å². The number of carbonyl (C=O) groups is 2. The Morgan fingerprint density at radius 1 is 0.878 bits per heavy atom. The van der Waals surface area contributed by atoms with Gasteiger partial charge in [0.2, 0.25) is 12.5 Å². The highest BCUT2D eigenvalue weighted by molar-refractivity contribution is 6.38. The van der Waals surface area contributed by atoms with Gasteiger partial charge < -0.3 is 33.2 Å². The minimum absolute atomic E-state index is 0.0250. The number of benzene rings is 3. The van der Waals surface area contributed by atoms with E-state index in [1.165, 1.54) is 21.3 Å². The molecule has 3 aromatic rings. The molecule has 3 aliphatic rings. The SMILES string of the molecule is COc1c(Cl)c([C@@H]2c3cc4c(cc3[C@@H](OC(=O)c3cccc(C)c3)[C@H]3COC(=O)[C@H]23)OCO4)c(Cl)c(OC)c1OC. The molecule has 2 heterocycles. The predicted octanol–water partition coefficient (Wildman–Crippen LogP) is 5.89. The second-order valence-electron chi connectivity index (χ2n) is 9.97. The fraction of sp³-hybridized carbons (Fsp3) is 0.333. The zero-order valence-corrected chi connectivity index (χ0v) is 24.1. The smallest absolute Gasteiger partial charge is 0.338 e. The van der Waals surface area contributed by atoms with Crippen LogP contribution in [0.2, 0.25) is 10.0 Å². The minimum Gasteiger partial charge on any atom is -0.491 e. The lowest BCUT2D eigenvalue weighted by atomic mass is 9.66. The molecular weight excluding hydrogens is 575 g/mol. The lowest BCUT2D eigenvalue weighted by Gasteiger charge is -2.39. The van der Waals surface area contributed by atoms with E-state index in [2.05, 4.69) is 0 Å². The predicted molar refractivity (Wildman–Crippen MR) is 148 cm³/mol. The van der Waals surface area contributed by atoms with Gasteiger partial charge in [-0.1, -0.05) is 40.9 Å². The highest BCUT2D eigenvalue weighted by atomic mass is 35.5. The Labute approximate surface area is 246 Å². The Balaban J connectivity index is 1.58. The number of rotatable bonds is 6. The van der Waals surface area contributed by atoms with Gasteiger partial charge in [-0.15, -0.1) is 0 Å². The quantitative estimate of drug-likeness (QED) is 0.321. The van der Waals surface area contributed by atoms with Gasteiger partial charge in [-0.2, -0.15) is 0 Å². The Bertz CT molecular complexity index is 1540. The summed E-state index contributed by atoms with van der Waals surface area (Å²) < 4.78 is 39.8. The number of hydrogen-bond donors (Lipinski definition) is 0. The van der Waals surface area contributed by atoms with Crippen molar-refractivity contribution < 1.29 is 42.7 Å². The van der Waals surface area contributed by atoms with Crippen LogP contribution < -0.4 is 23.7 Å². The van der Waals surface area contributed by atoms with E-state index in [1.807, 2.05) is 13.0 Å². The topological polar surface area (TPSA) is 98.8 Å². The summed E-state index contributed by atoms with van der Waals surface area (Å²) in [5, 5.41) is 0.301. The van der Waals surface area contributed by atoms with E-state index in [1.54, 1.807) is 30.3 Å². The average Bonchev–Trinajstić information content (AvgIpc) is 3.59. The van der Waals surface area contributed by atoms with E-state index in [0.29, 0.717) is 33.8 Å². The molecule has 6 rings (SSSR count). The summed E-state index contributed by atoms with van der Waals surface area (Å²) in [6, 6.07) is 10.7. The van der Waals surface area contributed by atoms with Crippen LogP contribution >= 0.6 is 23.2 Å². The van der Waals surface area contributed by atoms with Crippen molar-refractivity contribution in [3.8, 4) is 28.7 Å². The number of halogens is 2. The second kappa shape index (κ2) is 10.5. The van der Waals surface area contributed by atoms with Gasteiger partial charge in [0.05, 0.1) is 49.5 Å². The van der Waals surface area contributed by atoms with Crippen LogP contribution in [-0.2, 0) is 14.3 Å². The van der Waals surface area contributed by atoms with Gasteiger partial charge in [-0.05, 0) is 36.8 Å². The van der Waals surface area contributed by atoms with Crippen LogP contribution in [0.15, 0.2) is 36.4 Å². The monoisotopic (exact) mass is 600 g/mol. The molecule has 0 radical (unpaired) electrons. The molecule has 3 aromatic carbocycles. The normalized spacial score (nSPS) is 22.0. The van der Waals surface area contributed by atoms with Crippen molar-refractivity contribution >= 4 is 35.1 Å². The van der Waals surface area contributed by atoms with Gasteiger partial charge in [0, 0.05) is 23.0 Å². The highest BCUT2D eigenvalue weighted by Crippen LogP contribution is 2.60. The van der Waals surface area contributed by atoms with Gasteiger partial charge in [-0.25, -0.2) is 4.79 Å². The fourth-order valence-electron chi connectivity index (χ4n) is 6.03. The number of esters is 2. The summed E-state index contributed by atoms with van der Waals surface area (Å²) in [5.41, 5.74) is 2.94. The summed E-state index contributed by atoms with van der Waals surface area (Å²) in [5.74, 6) is -1.52. The number of hydrogen-bond acceptors (Lipinski definition) is 9. The van der Waals surface area contributed by atoms with E-state index < -0.39 is 35.8 Å². The van der Waals surface area contributed by atoms with Crippen molar-refractivity contribution in [1.29, 1.82) is 0 Å². The van der Waals surface area contributed by atoms with Crippen LogP contribution in [0.25, 0.3) is 0 Å². The third-order valence-electron chi connectivity index (χ3n) is 7.81. The van der Waals surface area contributed by atoms with Crippen molar-refractivity contribution in [3.63, 3.8) is 0 Å². The molecule has 0 bridgehead atoms. The Morgan fingerprint density at radius 2 is 1.51 bits per heavy atom. The molecule has 4 atom stereocenters. The van der Waals surface area contributed by atoms with Gasteiger partial charge in [0.15, 0.2) is 23.0 Å². The van der Waals surface area contributed by atoms with Crippen LogP contribution in [0.5, 0.6) is 28.7 Å². The first-order chi connectivity index (χ1) is 19.8. The second-order valence-corrected chi connectivity index (χ2v) is 10.7. The maximum Gasteiger partial charge on any atom is 0.338 e. The zero-order valence-electron chi connectivity index (χ0n) is 22.6. The van der Waals surface area contributed by atoms with Crippen molar-refractivity contribution in [2.24, 2.45) is 11.8 Å². The number of carbonyl (C=O) groups excluding carboxylic acids is 2. The third-order valence-corrected chi connectivity index (χ3v) is 8.57. The first kappa shape index (κ1) is 27.4. The molecule has 2 aliphatic heterocycles. The summed E-state index contributed by atoms with van der Waals surface area (Å²) in [4.78, 5) is 26.8. The van der Waals surface area contributed by atoms with Crippen LogP contribution in [0, 0.1) is 18.8 Å². The molecule has 1 aliphatic carbocycles. The van der Waals surface area contributed by atoms with E-state index in [9.17, 15) is 9.59 Å². The molecule has 0 saturated carbocycles. The Morgan fingerprint density at radius 3 is 2.12 bits per heavy atom. The number of aryl methyl sites for hydroxylation is 1. The lowest BCUT2D eigenvalue weighted by Crippen LogP contribution is -2.37. The molecule has 214 valence electrons. The third kappa shape index (κ3) is 4.30. The summed E-state index contributed by atoms with van der Waals surface area (Å²) in [7, 11) is 4.34. The molecule has 0 unspecified atom stereocenters. The average molecular weight is 601 g/mol. The van der Waals surface area contributed by atoms with Crippen LogP contribution in [-0.4, -0.2) is 46.7 Å². The van der Waals surface area contributed by atoms with E-state index >= 15 is 0 Å². The maximum absolute atomic E-state index is 13.4. The van der Waals surface area contributed by atoms with Crippen LogP contribution in [0.4, 0.5) is 0 Å². The zero-order chi connectivity index (χ0) is 29.0. The van der Waals surface area contributed by atoms with Crippen molar-refractivity contribution in [2.75, 3.05) is 34.7 Å². The molecule has 9 nitrogen and oxygen atoms in total. The van der Waals surface area contributed by atoms with Crippen molar-refractivity contribution in [1.82, 2.24) is 0 Å². The minimum atomic E-state index is -0.834. The number of cyclic esters (lactones) is 1. The molecule has 0 N–H and O–H groups in total. The molecule has 11 heteroatoms. The summed E-state index contributed by atoms with van der Waals surface area (Å²) in [6.45, 7) is 1.94. The Kier molecular flexibility index (Phi) is 7.03. The van der Waals surface area contributed by atoms with Gasteiger partial charge in [0.1, 0.15) is 6.10 Å². The van der Waals surface area contributed by atoms with Crippen molar-refractivity contribution in [3.05, 3.63) is 74.3 Å². The molecular formula is C30H26Cl2O9. The molecule has 0 amide bonds. The molecule has 0 aromatic heterocycles. The fourth-order valence-corrected chi connectivity index (χ4v) is 6.83. The van der Waals surface area contributed by atoms with Crippen molar-refractivity contribution in [2.45, 2.75) is 18.9 Å². The van der Waals surface area contributed by atoms with Gasteiger partial charge in [-0.3, -0.25) is 4.79 Å². The van der Waals surface area contributed by atoms with Gasteiger partial charge >= 0.3 is 11.9 Å². The lowest BCUT2D eigenvalue weighted by molar-refractivity contribution is -0.141. The maximum atomic E-state index is 13.4. The number of fused-ring (bicyclic) bond motifs is 3. The molecule has 1 fully saturated rings.